The summed E-state index contributed by atoms with van der Waals surface area (Å²) in [6, 6.07) is 7.00. The van der Waals surface area contributed by atoms with Crippen molar-refractivity contribution in [2.45, 2.75) is 12.5 Å². The van der Waals surface area contributed by atoms with Crippen LogP contribution in [-0.2, 0) is 9.59 Å². The van der Waals surface area contributed by atoms with Gasteiger partial charge in [-0.25, -0.2) is 4.99 Å². The van der Waals surface area contributed by atoms with Crippen molar-refractivity contribution in [2.24, 2.45) is 16.5 Å². The predicted octanol–water partition coefficient (Wildman–Crippen LogP) is 0.247. The lowest BCUT2D eigenvalue weighted by atomic mass is 10.1. The van der Waals surface area contributed by atoms with Crippen molar-refractivity contribution in [3.63, 3.8) is 0 Å². The minimum atomic E-state index is -1.08. The van der Waals surface area contributed by atoms with E-state index in [1.807, 2.05) is 0 Å². The second-order valence-electron chi connectivity index (χ2n) is 5.54. The molecule has 0 saturated heterocycles. The maximum Gasteiger partial charge on any atom is 0.305 e. The summed E-state index contributed by atoms with van der Waals surface area (Å²) in [6.45, 7) is -0.334. The van der Waals surface area contributed by atoms with E-state index in [2.05, 4.69) is 15.6 Å². The SMILES string of the molecule is NC(N)=Nc1cccc(C(=O)NCC(=O)NC(CC(=O)O)c2ccoc2)c1. The normalized spacial score (nSPS) is 11.3. The van der Waals surface area contributed by atoms with Crippen molar-refractivity contribution in [2.75, 3.05) is 6.54 Å². The molecule has 1 unspecified atom stereocenters. The van der Waals surface area contributed by atoms with Gasteiger partial charge in [0.25, 0.3) is 5.91 Å². The van der Waals surface area contributed by atoms with Crippen LogP contribution in [0, 0.1) is 0 Å². The molecular formula is C17H19N5O5. The quantitative estimate of drug-likeness (QED) is 0.325. The highest BCUT2D eigenvalue weighted by atomic mass is 16.4. The van der Waals surface area contributed by atoms with Crippen molar-refractivity contribution in [1.29, 1.82) is 0 Å². The van der Waals surface area contributed by atoms with E-state index in [1.54, 1.807) is 18.2 Å². The van der Waals surface area contributed by atoms with Crippen LogP contribution in [0.2, 0.25) is 0 Å². The van der Waals surface area contributed by atoms with E-state index in [-0.39, 0.29) is 24.5 Å². The number of hydrogen-bond donors (Lipinski definition) is 5. The molecule has 1 atom stereocenters. The van der Waals surface area contributed by atoms with Gasteiger partial charge in [0.05, 0.1) is 37.2 Å². The number of carboxylic acid groups (broad SMARTS) is 1. The minimum absolute atomic E-state index is 0.143. The highest BCUT2D eigenvalue weighted by Crippen LogP contribution is 2.17. The van der Waals surface area contributed by atoms with Crippen LogP contribution in [-0.4, -0.2) is 35.4 Å². The Labute approximate surface area is 154 Å². The van der Waals surface area contributed by atoms with Gasteiger partial charge in [0.1, 0.15) is 0 Å². The zero-order valence-corrected chi connectivity index (χ0v) is 14.2. The molecule has 7 N–H and O–H groups in total. The Morgan fingerprint density at radius 1 is 1.22 bits per heavy atom. The number of guanidine groups is 1. The number of carbonyl (C=O) groups excluding carboxylic acids is 2. The number of aliphatic carboxylic acids is 1. The van der Waals surface area contributed by atoms with Gasteiger partial charge in [-0.1, -0.05) is 6.07 Å². The number of hydrogen-bond acceptors (Lipinski definition) is 5. The van der Waals surface area contributed by atoms with E-state index in [9.17, 15) is 14.4 Å². The van der Waals surface area contributed by atoms with E-state index in [0.717, 1.165) is 0 Å². The molecule has 142 valence electrons. The standard InChI is InChI=1S/C17H19N5O5/c18-17(19)21-12-3-1-2-10(6-12)16(26)20-8-14(23)22-13(7-15(24)25)11-4-5-27-9-11/h1-6,9,13H,7-8H2,(H,20,26)(H,22,23)(H,24,25)(H4,18,19,21). The molecule has 0 aliphatic carbocycles. The summed E-state index contributed by atoms with van der Waals surface area (Å²) in [6.07, 6.45) is 2.41. The fraction of sp³-hybridized carbons (Fsp3) is 0.176. The number of carboxylic acids is 1. The number of carbonyl (C=O) groups is 3. The molecule has 1 heterocycles. The van der Waals surface area contributed by atoms with Crippen molar-refractivity contribution in [3.8, 4) is 0 Å². The summed E-state index contributed by atoms with van der Waals surface area (Å²) in [5.41, 5.74) is 11.8. The summed E-state index contributed by atoms with van der Waals surface area (Å²) >= 11 is 0. The van der Waals surface area contributed by atoms with Gasteiger partial charge in [-0.15, -0.1) is 0 Å². The van der Waals surface area contributed by atoms with Crippen LogP contribution in [0.1, 0.15) is 28.4 Å². The first-order valence-corrected chi connectivity index (χ1v) is 7.86. The van der Waals surface area contributed by atoms with Crippen LogP contribution in [0.3, 0.4) is 0 Å². The van der Waals surface area contributed by atoms with E-state index in [1.165, 1.54) is 24.7 Å². The summed E-state index contributed by atoms with van der Waals surface area (Å²) in [5, 5.41) is 14.0. The summed E-state index contributed by atoms with van der Waals surface area (Å²) < 4.78 is 4.91. The first-order chi connectivity index (χ1) is 12.8. The molecule has 0 aliphatic heterocycles. The lowest BCUT2D eigenvalue weighted by Gasteiger charge is -2.15. The Hall–Kier alpha value is -3.82. The van der Waals surface area contributed by atoms with Crippen molar-refractivity contribution in [1.82, 2.24) is 10.6 Å². The third-order valence-electron chi connectivity index (χ3n) is 3.44. The fourth-order valence-electron chi connectivity index (χ4n) is 2.27. The Morgan fingerprint density at radius 3 is 2.63 bits per heavy atom. The van der Waals surface area contributed by atoms with Gasteiger partial charge in [0.15, 0.2) is 5.96 Å². The van der Waals surface area contributed by atoms with Gasteiger partial charge in [-0.2, -0.15) is 0 Å². The second kappa shape index (κ2) is 9.04. The van der Waals surface area contributed by atoms with Crippen LogP contribution in [0.5, 0.6) is 0 Å². The summed E-state index contributed by atoms with van der Waals surface area (Å²) in [5.74, 6) is -2.27. The maximum absolute atomic E-state index is 12.2. The Bertz CT molecular complexity index is 843. The number of nitrogens with zero attached hydrogens (tertiary/aromatic N) is 1. The highest BCUT2D eigenvalue weighted by Gasteiger charge is 2.19. The van der Waals surface area contributed by atoms with Gasteiger partial charge >= 0.3 is 5.97 Å². The highest BCUT2D eigenvalue weighted by molar-refractivity contribution is 5.97. The van der Waals surface area contributed by atoms with Crippen molar-refractivity contribution in [3.05, 3.63) is 54.0 Å². The first-order valence-electron chi connectivity index (χ1n) is 7.86. The van der Waals surface area contributed by atoms with Crippen LogP contribution in [0.4, 0.5) is 5.69 Å². The molecule has 10 nitrogen and oxygen atoms in total. The van der Waals surface area contributed by atoms with Gasteiger partial charge in [-0.05, 0) is 24.3 Å². The predicted molar refractivity (Wildman–Crippen MR) is 96.1 cm³/mol. The molecule has 2 aromatic rings. The summed E-state index contributed by atoms with van der Waals surface area (Å²) in [4.78, 5) is 39.0. The molecule has 0 fully saturated rings. The van der Waals surface area contributed by atoms with E-state index < -0.39 is 23.8 Å². The van der Waals surface area contributed by atoms with Crippen molar-refractivity contribution >= 4 is 29.4 Å². The lowest BCUT2D eigenvalue weighted by molar-refractivity contribution is -0.137. The molecule has 0 aliphatic rings. The van der Waals surface area contributed by atoms with Crippen molar-refractivity contribution < 1.29 is 23.9 Å². The van der Waals surface area contributed by atoms with Gasteiger partial charge in [0.2, 0.25) is 5.91 Å². The molecule has 2 rings (SSSR count). The molecule has 1 aromatic carbocycles. The Morgan fingerprint density at radius 2 is 2.00 bits per heavy atom. The molecule has 0 bridgehead atoms. The van der Waals surface area contributed by atoms with Crippen LogP contribution >= 0.6 is 0 Å². The fourth-order valence-corrected chi connectivity index (χ4v) is 2.27. The molecule has 2 amide bonds. The zero-order chi connectivity index (χ0) is 19.8. The Kier molecular flexibility index (Phi) is 6.53. The molecule has 27 heavy (non-hydrogen) atoms. The average Bonchev–Trinajstić information content (AvgIpc) is 3.13. The molecule has 1 aromatic heterocycles. The molecule has 0 spiro atoms. The molecular weight excluding hydrogens is 354 g/mol. The number of aliphatic imine (C=N–C) groups is 1. The molecule has 0 radical (unpaired) electrons. The van der Waals surface area contributed by atoms with E-state index in [4.69, 9.17) is 21.0 Å². The number of nitrogens with two attached hydrogens (primary N) is 2. The molecule has 0 saturated carbocycles. The largest absolute Gasteiger partial charge is 0.481 e. The van der Waals surface area contributed by atoms with Crippen LogP contribution in [0.25, 0.3) is 0 Å². The average molecular weight is 373 g/mol. The maximum atomic E-state index is 12.2. The zero-order valence-electron chi connectivity index (χ0n) is 14.2. The van der Waals surface area contributed by atoms with Gasteiger partial charge in [0, 0.05) is 11.1 Å². The first kappa shape index (κ1) is 19.5. The third kappa shape index (κ3) is 6.20. The number of furan rings is 1. The Balaban J connectivity index is 1.95. The topological polar surface area (TPSA) is 173 Å². The van der Waals surface area contributed by atoms with E-state index in [0.29, 0.717) is 11.3 Å². The lowest BCUT2D eigenvalue weighted by Crippen LogP contribution is -2.39. The monoisotopic (exact) mass is 373 g/mol. The summed E-state index contributed by atoms with van der Waals surface area (Å²) in [7, 11) is 0. The number of rotatable bonds is 8. The molecule has 10 heteroatoms. The number of nitrogens with one attached hydrogen (secondary N) is 2. The number of amides is 2. The van der Waals surface area contributed by atoms with Gasteiger partial charge in [-0.3, -0.25) is 14.4 Å². The third-order valence-corrected chi connectivity index (χ3v) is 3.44. The smallest absolute Gasteiger partial charge is 0.305 e. The van der Waals surface area contributed by atoms with Gasteiger partial charge < -0.3 is 31.6 Å². The van der Waals surface area contributed by atoms with E-state index >= 15 is 0 Å². The van der Waals surface area contributed by atoms with Crippen LogP contribution < -0.4 is 22.1 Å². The minimum Gasteiger partial charge on any atom is -0.481 e. The number of benzene rings is 1. The second-order valence-corrected chi connectivity index (χ2v) is 5.54. The van der Waals surface area contributed by atoms with Crippen LogP contribution in [0.15, 0.2) is 52.3 Å².